The lowest BCUT2D eigenvalue weighted by atomic mass is 10.1. The summed E-state index contributed by atoms with van der Waals surface area (Å²) in [5, 5.41) is 1.11. The highest BCUT2D eigenvalue weighted by atomic mass is 79.9. The maximum absolute atomic E-state index is 5.62. The SMILES string of the molecule is CCC(CBr)CN1CC(C)OCC1C. The molecule has 3 unspecified atom stereocenters. The highest BCUT2D eigenvalue weighted by Crippen LogP contribution is 2.16. The molecule has 0 aromatic heterocycles. The number of nitrogens with zero attached hydrogens (tertiary/aromatic N) is 1. The van der Waals surface area contributed by atoms with Crippen LogP contribution in [-0.4, -0.2) is 42.1 Å². The summed E-state index contributed by atoms with van der Waals surface area (Å²) in [7, 11) is 0. The molecule has 2 nitrogen and oxygen atoms in total. The molecule has 3 atom stereocenters. The molecule has 1 heterocycles. The predicted molar refractivity (Wildman–Crippen MR) is 64.0 cm³/mol. The fraction of sp³-hybridized carbons (Fsp3) is 1.00. The lowest BCUT2D eigenvalue weighted by Crippen LogP contribution is -2.49. The average Bonchev–Trinajstić information content (AvgIpc) is 2.19. The van der Waals surface area contributed by atoms with Gasteiger partial charge in [0.1, 0.15) is 0 Å². The van der Waals surface area contributed by atoms with E-state index in [1.165, 1.54) is 13.0 Å². The number of halogens is 1. The van der Waals surface area contributed by atoms with Gasteiger partial charge in [-0.15, -0.1) is 0 Å². The van der Waals surface area contributed by atoms with Crippen LogP contribution in [0.5, 0.6) is 0 Å². The maximum Gasteiger partial charge on any atom is 0.0674 e. The summed E-state index contributed by atoms with van der Waals surface area (Å²) in [6.45, 7) is 9.86. The topological polar surface area (TPSA) is 12.5 Å². The van der Waals surface area contributed by atoms with Crippen LogP contribution in [0, 0.1) is 5.92 Å². The number of morpholine rings is 1. The molecule has 0 saturated carbocycles. The van der Waals surface area contributed by atoms with E-state index in [4.69, 9.17) is 4.74 Å². The van der Waals surface area contributed by atoms with Crippen LogP contribution in [0.1, 0.15) is 27.2 Å². The van der Waals surface area contributed by atoms with Crippen LogP contribution in [0.3, 0.4) is 0 Å². The first-order valence-corrected chi connectivity index (χ1v) is 6.71. The minimum absolute atomic E-state index is 0.402. The normalized spacial score (nSPS) is 31.7. The first-order valence-electron chi connectivity index (χ1n) is 5.59. The first-order chi connectivity index (χ1) is 6.67. The number of hydrogen-bond acceptors (Lipinski definition) is 2. The lowest BCUT2D eigenvalue weighted by Gasteiger charge is -2.38. The van der Waals surface area contributed by atoms with Gasteiger partial charge in [-0.05, 0) is 19.8 Å². The van der Waals surface area contributed by atoms with Crippen molar-refractivity contribution in [3.05, 3.63) is 0 Å². The standard InChI is InChI=1S/C11H22BrNO/c1-4-11(5-12)7-13-6-10(3)14-8-9(13)2/h9-11H,4-8H2,1-3H3. The number of hydrogen-bond donors (Lipinski definition) is 0. The van der Waals surface area contributed by atoms with Gasteiger partial charge in [0.25, 0.3) is 0 Å². The molecule has 14 heavy (non-hydrogen) atoms. The van der Waals surface area contributed by atoms with E-state index in [-0.39, 0.29) is 0 Å². The van der Waals surface area contributed by atoms with E-state index in [9.17, 15) is 0 Å². The highest BCUT2D eigenvalue weighted by molar-refractivity contribution is 9.09. The molecule has 1 rings (SSSR count). The molecule has 1 fully saturated rings. The van der Waals surface area contributed by atoms with Crippen molar-refractivity contribution < 1.29 is 4.74 Å². The van der Waals surface area contributed by atoms with Crippen molar-refractivity contribution >= 4 is 15.9 Å². The van der Waals surface area contributed by atoms with Crippen LogP contribution in [-0.2, 0) is 4.74 Å². The average molecular weight is 264 g/mol. The monoisotopic (exact) mass is 263 g/mol. The molecule has 1 saturated heterocycles. The Kier molecular flexibility index (Phi) is 5.42. The minimum Gasteiger partial charge on any atom is -0.376 e. The first kappa shape index (κ1) is 12.5. The molecule has 0 bridgehead atoms. The highest BCUT2D eigenvalue weighted by Gasteiger charge is 2.24. The Morgan fingerprint density at radius 1 is 1.50 bits per heavy atom. The molecule has 0 amide bonds. The summed E-state index contributed by atoms with van der Waals surface area (Å²) >= 11 is 3.58. The van der Waals surface area contributed by atoms with E-state index >= 15 is 0 Å². The van der Waals surface area contributed by atoms with E-state index in [1.807, 2.05) is 0 Å². The van der Waals surface area contributed by atoms with Crippen molar-refractivity contribution in [2.75, 3.05) is 25.0 Å². The van der Waals surface area contributed by atoms with Crippen LogP contribution in [0.25, 0.3) is 0 Å². The second-order valence-corrected chi connectivity index (χ2v) is 5.02. The van der Waals surface area contributed by atoms with Gasteiger partial charge >= 0.3 is 0 Å². The summed E-state index contributed by atoms with van der Waals surface area (Å²) in [4.78, 5) is 2.56. The molecule has 0 aromatic carbocycles. The molecular weight excluding hydrogens is 242 g/mol. The van der Waals surface area contributed by atoms with E-state index < -0.39 is 0 Å². The molecule has 84 valence electrons. The molecule has 0 aliphatic carbocycles. The molecule has 0 aromatic rings. The Labute approximate surface area is 96.1 Å². The van der Waals surface area contributed by atoms with Crippen LogP contribution < -0.4 is 0 Å². The Balaban J connectivity index is 2.40. The third-order valence-electron chi connectivity index (χ3n) is 3.03. The third kappa shape index (κ3) is 3.52. The van der Waals surface area contributed by atoms with Crippen molar-refractivity contribution in [1.29, 1.82) is 0 Å². The summed E-state index contributed by atoms with van der Waals surface area (Å²) in [5.41, 5.74) is 0. The molecule has 3 heteroatoms. The summed E-state index contributed by atoms with van der Waals surface area (Å²) in [6.07, 6.45) is 1.66. The predicted octanol–water partition coefficient (Wildman–Crippen LogP) is 2.52. The molecule has 1 aliphatic rings. The van der Waals surface area contributed by atoms with Crippen molar-refractivity contribution in [2.24, 2.45) is 5.92 Å². The van der Waals surface area contributed by atoms with Crippen LogP contribution in [0.2, 0.25) is 0 Å². The van der Waals surface area contributed by atoms with Crippen molar-refractivity contribution in [3.63, 3.8) is 0 Å². The Morgan fingerprint density at radius 3 is 2.79 bits per heavy atom. The number of ether oxygens (including phenoxy) is 1. The summed E-state index contributed by atoms with van der Waals surface area (Å²) in [6, 6.07) is 0.583. The van der Waals surface area contributed by atoms with Gasteiger partial charge in [0.05, 0.1) is 12.7 Å². The van der Waals surface area contributed by atoms with Crippen molar-refractivity contribution in [2.45, 2.75) is 39.3 Å². The zero-order chi connectivity index (χ0) is 10.6. The number of rotatable bonds is 4. The quantitative estimate of drug-likeness (QED) is 0.723. The summed E-state index contributed by atoms with van der Waals surface area (Å²) < 4.78 is 5.62. The van der Waals surface area contributed by atoms with Crippen molar-refractivity contribution in [3.8, 4) is 0 Å². The van der Waals surface area contributed by atoms with E-state index in [1.54, 1.807) is 0 Å². The van der Waals surface area contributed by atoms with Gasteiger partial charge in [-0.3, -0.25) is 4.90 Å². The van der Waals surface area contributed by atoms with Gasteiger partial charge in [0, 0.05) is 24.5 Å². The van der Waals surface area contributed by atoms with Crippen LogP contribution in [0.4, 0.5) is 0 Å². The number of alkyl halides is 1. The zero-order valence-corrected chi connectivity index (χ0v) is 11.1. The Morgan fingerprint density at radius 2 is 2.21 bits per heavy atom. The van der Waals surface area contributed by atoms with Crippen molar-refractivity contribution in [1.82, 2.24) is 4.90 Å². The van der Waals surface area contributed by atoms with Gasteiger partial charge in [0.2, 0.25) is 0 Å². The van der Waals surface area contributed by atoms with Crippen LogP contribution >= 0.6 is 15.9 Å². The molecule has 0 N–H and O–H groups in total. The Bertz CT molecular complexity index is 161. The molecule has 0 spiro atoms. The van der Waals surface area contributed by atoms with Gasteiger partial charge in [0.15, 0.2) is 0 Å². The van der Waals surface area contributed by atoms with Gasteiger partial charge in [-0.25, -0.2) is 0 Å². The van der Waals surface area contributed by atoms with Gasteiger partial charge in [-0.2, -0.15) is 0 Å². The van der Waals surface area contributed by atoms with E-state index in [2.05, 4.69) is 41.6 Å². The van der Waals surface area contributed by atoms with Gasteiger partial charge < -0.3 is 4.74 Å². The molecule has 0 radical (unpaired) electrons. The Hall–Kier alpha value is 0.400. The van der Waals surface area contributed by atoms with Gasteiger partial charge in [-0.1, -0.05) is 29.3 Å². The van der Waals surface area contributed by atoms with E-state index in [0.717, 1.165) is 24.4 Å². The summed E-state index contributed by atoms with van der Waals surface area (Å²) in [5.74, 6) is 0.780. The molecular formula is C11H22BrNO. The maximum atomic E-state index is 5.62. The molecule has 1 aliphatic heterocycles. The zero-order valence-electron chi connectivity index (χ0n) is 9.50. The smallest absolute Gasteiger partial charge is 0.0674 e. The fourth-order valence-corrected chi connectivity index (χ4v) is 2.51. The third-order valence-corrected chi connectivity index (χ3v) is 3.94. The van der Waals surface area contributed by atoms with Crippen LogP contribution in [0.15, 0.2) is 0 Å². The minimum atomic E-state index is 0.402. The second-order valence-electron chi connectivity index (χ2n) is 4.38. The second kappa shape index (κ2) is 6.09. The van der Waals surface area contributed by atoms with E-state index in [0.29, 0.717) is 12.1 Å². The largest absolute Gasteiger partial charge is 0.376 e. The lowest BCUT2D eigenvalue weighted by molar-refractivity contribution is -0.0533. The fourth-order valence-electron chi connectivity index (χ4n) is 1.84.